The molecule has 17 nitrogen and oxygen atoms in total. The molecule has 76 heavy (non-hydrogen) atoms. The lowest BCUT2D eigenvalue weighted by Crippen LogP contribution is -2.48. The highest BCUT2D eigenvalue weighted by atomic mass is 35.5. The van der Waals surface area contributed by atoms with E-state index in [2.05, 4.69) is 68.4 Å². The molecule has 1 aliphatic rings. The number of halogens is 1. The highest BCUT2D eigenvalue weighted by Crippen LogP contribution is 2.40. The van der Waals surface area contributed by atoms with E-state index in [0.717, 1.165) is 67.5 Å². The van der Waals surface area contributed by atoms with E-state index in [1.807, 2.05) is 13.0 Å². The van der Waals surface area contributed by atoms with Crippen LogP contribution in [-0.4, -0.2) is 72.7 Å². The van der Waals surface area contributed by atoms with Gasteiger partial charge in [0, 0.05) is 29.0 Å². The van der Waals surface area contributed by atoms with Crippen LogP contribution in [0.5, 0.6) is 0 Å². The summed E-state index contributed by atoms with van der Waals surface area (Å²) < 4.78 is 92.9. The standard InChI is InChI=1S/C55H67ClN6O11S3/c1-13-54(7,8)37-28-41(55(9,10)14-2)47-45(29-37)59-51(72-47)36(31-57)27-35-20-22-40(25-33(35)3)62(39-17-15-16-18-39)52(65)73-48(49(63)53(4,5)6)50(64)58-43-30-38(21-23-42(43)56)60-76(70,71)46-24-19-34(32-74(11,66)67)26-44(46)61-75(12,68)69/h19-30,39,48,60-61H,13-18,32H2,1-12H3,(H,58,64)/b36-27+. The largest absolute Gasteiger partial charge is 0.435 e. The van der Waals surface area contributed by atoms with E-state index in [9.17, 15) is 44.9 Å². The van der Waals surface area contributed by atoms with Gasteiger partial charge in [-0.25, -0.2) is 35.0 Å². The number of aryl methyl sites for hydroxylation is 1. The molecule has 4 aromatic carbocycles. The van der Waals surface area contributed by atoms with Crippen molar-refractivity contribution >= 4 is 105 Å². The van der Waals surface area contributed by atoms with Crippen molar-refractivity contribution in [1.82, 2.24) is 4.98 Å². The van der Waals surface area contributed by atoms with Crippen molar-refractivity contribution in [1.29, 1.82) is 5.26 Å². The number of ether oxygens (including phenoxy) is 1. The van der Waals surface area contributed by atoms with Gasteiger partial charge in [-0.2, -0.15) is 5.26 Å². The van der Waals surface area contributed by atoms with Crippen LogP contribution in [0, 0.1) is 23.7 Å². The molecule has 0 radical (unpaired) electrons. The van der Waals surface area contributed by atoms with Crippen LogP contribution in [0.4, 0.5) is 27.5 Å². The number of oxazole rings is 1. The fourth-order valence-corrected chi connectivity index (χ4v) is 11.5. The summed E-state index contributed by atoms with van der Waals surface area (Å²) in [7, 11) is -12.3. The predicted molar refractivity (Wildman–Crippen MR) is 299 cm³/mol. The molecule has 1 saturated carbocycles. The van der Waals surface area contributed by atoms with Gasteiger partial charge in [0.05, 0.1) is 34.1 Å². The van der Waals surface area contributed by atoms with Gasteiger partial charge in [0.1, 0.15) is 22.1 Å². The number of hydrogen-bond acceptors (Lipinski definition) is 13. The van der Waals surface area contributed by atoms with Crippen LogP contribution in [0.3, 0.4) is 0 Å². The van der Waals surface area contributed by atoms with Crippen molar-refractivity contribution in [2.75, 3.05) is 32.2 Å². The zero-order valence-corrected chi connectivity index (χ0v) is 48.2. The van der Waals surface area contributed by atoms with E-state index in [4.69, 9.17) is 25.7 Å². The molecule has 1 unspecified atom stereocenters. The van der Waals surface area contributed by atoms with Gasteiger partial charge in [0.2, 0.25) is 22.0 Å². The fourth-order valence-electron chi connectivity index (χ4n) is 8.69. The van der Waals surface area contributed by atoms with Crippen LogP contribution in [0.2, 0.25) is 5.02 Å². The maximum atomic E-state index is 14.6. The molecule has 408 valence electrons. The summed E-state index contributed by atoms with van der Waals surface area (Å²) >= 11 is 6.52. The number of nitrogens with one attached hydrogen (secondary N) is 3. The minimum Gasteiger partial charge on any atom is -0.435 e. The maximum absolute atomic E-state index is 14.6. The summed E-state index contributed by atoms with van der Waals surface area (Å²) in [6, 6.07) is 18.4. The first-order valence-corrected chi connectivity index (χ1v) is 30.6. The number of nitrogens with zero attached hydrogens (tertiary/aromatic N) is 3. The third kappa shape index (κ3) is 14.0. The summed E-state index contributed by atoms with van der Waals surface area (Å²) in [5.74, 6) is -2.16. The number of Topliss-reactive ketones (excluding diaryl/α,β-unsaturated/α-hetero) is 1. The molecule has 1 fully saturated rings. The second kappa shape index (κ2) is 22.4. The molecule has 21 heteroatoms. The molecule has 1 atom stereocenters. The number of hydrogen-bond donors (Lipinski definition) is 3. The number of carbonyl (C=O) groups excluding carboxylic acids is 3. The Morgan fingerprint density at radius 3 is 2.11 bits per heavy atom. The molecule has 1 heterocycles. The van der Waals surface area contributed by atoms with E-state index < -0.39 is 75.5 Å². The number of sulfonamides is 2. The average Bonchev–Trinajstić information content (AvgIpc) is 4.00. The number of carbonyl (C=O) groups is 3. The number of rotatable bonds is 19. The zero-order chi connectivity index (χ0) is 56.5. The average molecular weight is 1120 g/mol. The van der Waals surface area contributed by atoms with E-state index in [1.165, 1.54) is 23.1 Å². The van der Waals surface area contributed by atoms with E-state index in [-0.39, 0.29) is 50.3 Å². The van der Waals surface area contributed by atoms with Crippen LogP contribution in [0.15, 0.2) is 76.0 Å². The summed E-state index contributed by atoms with van der Waals surface area (Å²) in [5, 5.41) is 13.0. The number of allylic oxidation sites excluding steroid dienone is 1. The summed E-state index contributed by atoms with van der Waals surface area (Å²) in [6.07, 6.45) is 5.07. The van der Waals surface area contributed by atoms with Crippen molar-refractivity contribution in [2.24, 2.45) is 5.41 Å². The Kier molecular flexibility index (Phi) is 17.4. The van der Waals surface area contributed by atoms with Crippen LogP contribution >= 0.6 is 11.6 Å². The number of benzene rings is 4. The van der Waals surface area contributed by atoms with Crippen molar-refractivity contribution < 1.29 is 48.8 Å². The number of nitriles is 1. The Balaban J connectivity index is 1.30. The predicted octanol–water partition coefficient (Wildman–Crippen LogP) is 11.5. The SMILES string of the molecule is CCC(C)(C)c1cc(C(C)(C)CC)c2oc(/C(C#N)=C/c3ccc(N(C(=O)OC(C(=O)Nc4cc(NS(=O)(=O)c5ccc(CS(C)(=O)=O)cc5NS(C)(=O)=O)ccc4Cl)C(=O)C(C)(C)C)C4CCCC4)cc3C)nc2c1. The first kappa shape index (κ1) is 59.0. The Bertz CT molecular complexity index is 3510. The Morgan fingerprint density at radius 2 is 1.53 bits per heavy atom. The van der Waals surface area contributed by atoms with Gasteiger partial charge in [-0.15, -0.1) is 0 Å². The lowest BCUT2D eigenvalue weighted by Gasteiger charge is -2.31. The molecule has 6 rings (SSSR count). The van der Waals surface area contributed by atoms with Gasteiger partial charge in [0.15, 0.2) is 21.2 Å². The molecule has 1 aliphatic carbocycles. The highest BCUT2D eigenvalue weighted by molar-refractivity contribution is 7.93. The summed E-state index contributed by atoms with van der Waals surface area (Å²) in [5.41, 5.74) is 3.19. The normalized spacial score (nSPS) is 14.5. The van der Waals surface area contributed by atoms with Crippen LogP contribution in [-0.2, 0) is 60.8 Å². The lowest BCUT2D eigenvalue weighted by atomic mass is 9.76. The zero-order valence-electron chi connectivity index (χ0n) is 45.0. The Hall–Kier alpha value is -6.27. The molecule has 0 saturated heterocycles. The van der Waals surface area contributed by atoms with Gasteiger partial charge in [-0.1, -0.05) is 105 Å². The number of fused-ring (bicyclic) bond motifs is 1. The van der Waals surface area contributed by atoms with Crippen LogP contribution < -0.4 is 19.7 Å². The van der Waals surface area contributed by atoms with Gasteiger partial charge >= 0.3 is 6.09 Å². The highest BCUT2D eigenvalue weighted by Gasteiger charge is 2.41. The van der Waals surface area contributed by atoms with E-state index in [0.29, 0.717) is 40.8 Å². The number of anilines is 4. The first-order chi connectivity index (χ1) is 35.2. The van der Waals surface area contributed by atoms with Crippen molar-refractivity contribution in [2.45, 2.75) is 141 Å². The monoisotopic (exact) mass is 1120 g/mol. The number of ketones is 1. The second-order valence-corrected chi connectivity index (χ2v) is 27.8. The molecule has 2 amide bonds. The molecule has 3 N–H and O–H groups in total. The number of amides is 2. The third-order valence-corrected chi connectivity index (χ3v) is 17.0. The quantitative estimate of drug-likeness (QED) is 0.0514. The minimum absolute atomic E-state index is 0.0858. The van der Waals surface area contributed by atoms with Crippen molar-refractivity contribution in [3.8, 4) is 6.07 Å². The van der Waals surface area contributed by atoms with Crippen LogP contribution in [0.1, 0.15) is 135 Å². The molecular weight excluding hydrogens is 1050 g/mol. The molecule has 0 bridgehead atoms. The topological polar surface area (TPSA) is 252 Å². The Labute approximate surface area is 451 Å². The maximum Gasteiger partial charge on any atom is 0.415 e. The van der Waals surface area contributed by atoms with Crippen LogP contribution in [0.25, 0.3) is 22.7 Å². The van der Waals surface area contributed by atoms with Gasteiger partial charge < -0.3 is 14.5 Å². The van der Waals surface area contributed by atoms with E-state index in [1.54, 1.807) is 45.0 Å². The smallest absolute Gasteiger partial charge is 0.415 e. The van der Waals surface area contributed by atoms with Gasteiger partial charge in [-0.05, 0) is 120 Å². The molecule has 0 spiro atoms. The molecule has 1 aromatic heterocycles. The van der Waals surface area contributed by atoms with Gasteiger partial charge in [-0.3, -0.25) is 23.9 Å². The number of sulfone groups is 1. The van der Waals surface area contributed by atoms with Crippen molar-refractivity contribution in [3.05, 3.63) is 105 Å². The number of aromatic nitrogens is 1. The third-order valence-electron chi connectivity index (χ3n) is 13.8. The second-order valence-electron chi connectivity index (χ2n) is 21.8. The molecular formula is C55H67ClN6O11S3. The lowest BCUT2D eigenvalue weighted by molar-refractivity contribution is -0.142. The summed E-state index contributed by atoms with van der Waals surface area (Å²) in [6.45, 7) is 19.5. The fraction of sp³-hybridized carbons (Fsp3) is 0.436. The van der Waals surface area contributed by atoms with E-state index >= 15 is 0 Å². The minimum atomic E-state index is -4.62. The molecule has 0 aliphatic heterocycles. The molecule has 5 aromatic rings. The summed E-state index contributed by atoms with van der Waals surface area (Å²) in [4.78, 5) is 48.7. The first-order valence-electron chi connectivity index (χ1n) is 24.8. The Morgan fingerprint density at radius 1 is 0.868 bits per heavy atom. The van der Waals surface area contributed by atoms with Crippen molar-refractivity contribution in [3.63, 3.8) is 0 Å². The van der Waals surface area contributed by atoms with Gasteiger partial charge in [0.25, 0.3) is 15.9 Å².